The number of allylic oxidation sites excluding steroid dienone is 1. The summed E-state index contributed by atoms with van der Waals surface area (Å²) in [6.45, 7) is 0. The zero-order valence-electron chi connectivity index (χ0n) is 4.28. The predicted molar refractivity (Wildman–Crippen MR) is 30.5 cm³/mol. The number of nitrogens with two attached hydrogens (primary N) is 1. The Hall–Kier alpha value is -0.363. The monoisotopic (exact) mass is 135 g/mol. The number of rotatable bonds is 2. The van der Waals surface area contributed by atoms with Crippen molar-refractivity contribution in [3.63, 3.8) is 0 Å². The average Bonchev–Trinajstić information content (AvgIpc) is 1.59. The number of hydrogen-bond donors (Lipinski definition) is 4. The van der Waals surface area contributed by atoms with Crippen LogP contribution in [0.3, 0.4) is 0 Å². The molecule has 5 heteroatoms. The predicted octanol–water partition coefficient (Wildman–Crippen LogP) is -1.63. The molecule has 0 heterocycles. The zero-order chi connectivity index (χ0) is 6.62. The van der Waals surface area contributed by atoms with E-state index in [1.165, 1.54) is 6.08 Å². The second kappa shape index (κ2) is 2.83. The molecule has 0 aliphatic rings. The highest BCUT2D eigenvalue weighted by Crippen LogP contribution is 1.94. The van der Waals surface area contributed by atoms with E-state index in [4.69, 9.17) is 20.1 Å². The molecule has 0 fully saturated rings. The topological polar surface area (TPSA) is 86.7 Å². The average molecular weight is 135 g/mol. The fraction of sp³-hybridized carbons (Fsp3) is 0.333. The molecule has 0 unspecified atom stereocenters. The molecule has 0 saturated heterocycles. The molecule has 48 valence electrons. The van der Waals surface area contributed by atoms with E-state index in [0.717, 1.165) is 6.20 Å². The minimum Gasteiger partial charge on any atom is -0.405 e. The molecule has 0 radical (unpaired) electrons. The summed E-state index contributed by atoms with van der Waals surface area (Å²) in [4.78, 5) is 24.9. The van der Waals surface area contributed by atoms with Crippen LogP contribution in [0.1, 0.15) is 0 Å². The first kappa shape index (κ1) is 7.64. The summed E-state index contributed by atoms with van der Waals surface area (Å²) in [6.07, 6.45) is 2.45. The molecular weight excluding hydrogens is 126 g/mol. The van der Waals surface area contributed by atoms with Crippen LogP contribution in [0.25, 0.3) is 0 Å². The molecule has 0 aliphatic heterocycles. The van der Waals surface area contributed by atoms with Crippen molar-refractivity contribution in [2.24, 2.45) is 5.73 Å². The first-order chi connectivity index (χ1) is 3.56. The summed E-state index contributed by atoms with van der Waals surface area (Å²) >= 11 is 0. The first-order valence-electron chi connectivity index (χ1n) is 2.10. The lowest BCUT2D eigenvalue weighted by Gasteiger charge is -2.03. The molecule has 0 saturated carbocycles. The van der Waals surface area contributed by atoms with Crippen LogP contribution in [0.15, 0.2) is 12.3 Å². The maximum atomic E-state index is 8.29. The van der Waals surface area contributed by atoms with Crippen LogP contribution in [-0.4, -0.2) is 23.2 Å². The molecule has 0 spiro atoms. The highest BCUT2D eigenvalue weighted by molar-refractivity contribution is 6.56. The van der Waals surface area contributed by atoms with Crippen molar-refractivity contribution in [1.82, 2.24) is 0 Å². The van der Waals surface area contributed by atoms with Crippen molar-refractivity contribution < 1.29 is 14.4 Å². The molecule has 0 rings (SSSR count). The van der Waals surface area contributed by atoms with Crippen LogP contribution < -0.4 is 5.73 Å². The van der Waals surface area contributed by atoms with E-state index in [2.05, 4.69) is 0 Å². The molecule has 4 nitrogen and oxygen atoms in total. The van der Waals surface area contributed by atoms with Gasteiger partial charge in [-0.3, -0.25) is 0 Å². The van der Waals surface area contributed by atoms with E-state index in [1.807, 2.05) is 0 Å². The van der Waals surface area contributed by atoms with Gasteiger partial charge in [-0.05, 0) is 6.20 Å². The Bertz CT molecular complexity index is 87.0. The maximum absolute atomic E-state index is 8.29. The Morgan fingerprint density at radius 1 is 1.38 bits per heavy atom. The van der Waals surface area contributed by atoms with E-state index in [-0.39, 0.29) is 6.04 Å². The van der Waals surface area contributed by atoms with E-state index >= 15 is 0 Å². The van der Waals surface area contributed by atoms with E-state index in [1.54, 1.807) is 0 Å². The SMILES string of the molecule is NC=CC[Si](O)(O)O. The standard InChI is InChI=1S/C3H9NO3Si/c4-2-1-3-8(5,6)7/h1-2,5-7H,3-4H2. The van der Waals surface area contributed by atoms with Crippen LogP contribution in [0, 0.1) is 0 Å². The first-order valence-corrected chi connectivity index (χ1v) is 4.15. The smallest absolute Gasteiger partial charge is 0.405 e. The molecular formula is C3H9NO3Si. The van der Waals surface area contributed by atoms with E-state index in [0.29, 0.717) is 0 Å². The summed E-state index contributed by atoms with van der Waals surface area (Å²) < 4.78 is 0. The van der Waals surface area contributed by atoms with Gasteiger partial charge in [0.05, 0.1) is 0 Å². The van der Waals surface area contributed by atoms with Gasteiger partial charge in [0.15, 0.2) is 0 Å². The summed E-state index contributed by atoms with van der Waals surface area (Å²) in [5, 5.41) is 0. The largest absolute Gasteiger partial charge is 0.496 e. The van der Waals surface area contributed by atoms with E-state index < -0.39 is 8.80 Å². The Kier molecular flexibility index (Phi) is 2.70. The Balaban J connectivity index is 3.39. The van der Waals surface area contributed by atoms with Gasteiger partial charge in [0, 0.05) is 6.04 Å². The molecule has 0 atom stereocenters. The van der Waals surface area contributed by atoms with Crippen LogP contribution in [-0.2, 0) is 0 Å². The third kappa shape index (κ3) is 5.64. The van der Waals surface area contributed by atoms with Crippen molar-refractivity contribution in [1.29, 1.82) is 0 Å². The van der Waals surface area contributed by atoms with E-state index in [9.17, 15) is 0 Å². The van der Waals surface area contributed by atoms with Crippen molar-refractivity contribution in [3.05, 3.63) is 12.3 Å². The Labute approximate surface area is 48.3 Å². The fourth-order valence-electron chi connectivity index (χ4n) is 0.226. The quantitative estimate of drug-likeness (QED) is 0.343. The minimum absolute atomic E-state index is 0.135. The molecule has 0 amide bonds. The molecule has 0 aromatic heterocycles. The van der Waals surface area contributed by atoms with Crippen molar-refractivity contribution >= 4 is 8.80 Å². The lowest BCUT2D eigenvalue weighted by molar-refractivity contribution is 0.233. The van der Waals surface area contributed by atoms with Gasteiger partial charge in [-0.2, -0.15) is 0 Å². The molecule has 0 aromatic carbocycles. The molecule has 8 heavy (non-hydrogen) atoms. The van der Waals surface area contributed by atoms with Crippen molar-refractivity contribution in [2.75, 3.05) is 0 Å². The lowest BCUT2D eigenvalue weighted by atomic mass is 10.7. The van der Waals surface area contributed by atoms with Crippen molar-refractivity contribution in [3.8, 4) is 0 Å². The number of hydrogen-bond acceptors (Lipinski definition) is 4. The molecule has 0 aliphatic carbocycles. The summed E-state index contributed by atoms with van der Waals surface area (Å²) in [7, 11) is -3.84. The van der Waals surface area contributed by atoms with Gasteiger partial charge in [0.25, 0.3) is 0 Å². The normalized spacial score (nSPS) is 12.9. The third-order valence-corrected chi connectivity index (χ3v) is 1.31. The molecule has 5 N–H and O–H groups in total. The zero-order valence-corrected chi connectivity index (χ0v) is 5.28. The lowest BCUT2D eigenvalue weighted by Crippen LogP contribution is -2.33. The van der Waals surface area contributed by atoms with Crippen LogP contribution in [0.5, 0.6) is 0 Å². The van der Waals surface area contributed by atoms with Gasteiger partial charge in [0.2, 0.25) is 0 Å². The van der Waals surface area contributed by atoms with Crippen LogP contribution in [0.4, 0.5) is 0 Å². The summed E-state index contributed by atoms with van der Waals surface area (Å²) in [5.74, 6) is 0. The van der Waals surface area contributed by atoms with Crippen LogP contribution >= 0.6 is 0 Å². The Morgan fingerprint density at radius 2 is 1.88 bits per heavy atom. The van der Waals surface area contributed by atoms with Gasteiger partial charge in [0.1, 0.15) is 0 Å². The van der Waals surface area contributed by atoms with Gasteiger partial charge in [-0.15, -0.1) is 0 Å². The van der Waals surface area contributed by atoms with Crippen molar-refractivity contribution in [2.45, 2.75) is 6.04 Å². The second-order valence-electron chi connectivity index (χ2n) is 1.41. The maximum Gasteiger partial charge on any atom is 0.496 e. The highest BCUT2D eigenvalue weighted by atomic mass is 28.4. The Morgan fingerprint density at radius 3 is 2.00 bits per heavy atom. The molecule has 0 aromatic rings. The third-order valence-electron chi connectivity index (χ3n) is 0.528. The van der Waals surface area contributed by atoms with Gasteiger partial charge in [-0.1, -0.05) is 6.08 Å². The highest BCUT2D eigenvalue weighted by Gasteiger charge is 2.23. The van der Waals surface area contributed by atoms with Gasteiger partial charge < -0.3 is 20.1 Å². The summed E-state index contributed by atoms with van der Waals surface area (Å²) in [5.41, 5.74) is 4.84. The van der Waals surface area contributed by atoms with Gasteiger partial charge >= 0.3 is 8.80 Å². The fourth-order valence-corrected chi connectivity index (χ4v) is 0.678. The summed E-state index contributed by atoms with van der Waals surface area (Å²) in [6, 6.07) is -0.135. The molecule has 0 bridgehead atoms. The minimum atomic E-state index is -3.84. The second-order valence-corrected chi connectivity index (χ2v) is 3.36. The van der Waals surface area contributed by atoms with Gasteiger partial charge in [-0.25, -0.2) is 0 Å². The van der Waals surface area contributed by atoms with Crippen LogP contribution in [0.2, 0.25) is 6.04 Å².